The summed E-state index contributed by atoms with van der Waals surface area (Å²) in [6, 6.07) is 12.6. The van der Waals surface area contributed by atoms with E-state index in [1.165, 1.54) is 13.4 Å². The molecule has 0 bridgehead atoms. The number of carbonyl (C=O) groups excluding carboxylic acids is 1. The van der Waals surface area contributed by atoms with E-state index in [-0.39, 0.29) is 18.1 Å². The van der Waals surface area contributed by atoms with E-state index in [9.17, 15) is 10.1 Å². The average molecular weight is 527 g/mol. The maximum absolute atomic E-state index is 12.5. The van der Waals surface area contributed by atoms with Crippen LogP contribution in [0.3, 0.4) is 0 Å². The molecule has 0 saturated carbocycles. The van der Waals surface area contributed by atoms with Crippen molar-refractivity contribution in [3.63, 3.8) is 0 Å². The Morgan fingerprint density at radius 2 is 2.00 bits per heavy atom. The number of nitrogens with one attached hydrogen (secondary N) is 2. The van der Waals surface area contributed by atoms with Gasteiger partial charge in [-0.15, -0.1) is 0 Å². The van der Waals surface area contributed by atoms with Crippen LogP contribution < -0.4 is 20.1 Å². The van der Waals surface area contributed by atoms with Crippen molar-refractivity contribution in [3.05, 3.63) is 72.6 Å². The number of nitrogens with zero attached hydrogens (tertiary/aromatic N) is 6. The van der Waals surface area contributed by atoms with Crippen LogP contribution in [0.4, 0.5) is 11.6 Å². The molecule has 1 atom stereocenters. The number of methoxy groups -OCH3 is 1. The van der Waals surface area contributed by atoms with E-state index in [4.69, 9.17) is 14.2 Å². The smallest absolute Gasteiger partial charge is 0.251 e. The van der Waals surface area contributed by atoms with Crippen LogP contribution in [0.15, 0.2) is 61.4 Å². The van der Waals surface area contributed by atoms with Crippen molar-refractivity contribution in [3.8, 4) is 28.7 Å². The zero-order valence-electron chi connectivity index (χ0n) is 21.4. The Morgan fingerprint density at radius 3 is 2.67 bits per heavy atom. The molecule has 198 valence electrons. The monoisotopic (exact) mass is 526 g/mol. The maximum Gasteiger partial charge on any atom is 0.251 e. The number of nitriles is 1. The van der Waals surface area contributed by atoms with Crippen molar-refractivity contribution >= 4 is 17.5 Å². The van der Waals surface area contributed by atoms with Crippen molar-refractivity contribution in [1.29, 1.82) is 5.26 Å². The normalized spacial score (nSPS) is 13.6. The van der Waals surface area contributed by atoms with Crippen LogP contribution in [-0.4, -0.2) is 63.1 Å². The fraction of sp³-hybridized carbons (Fsp3) is 0.259. The number of hydrogen-bond donors (Lipinski definition) is 2. The summed E-state index contributed by atoms with van der Waals surface area (Å²) in [5.74, 6) is 1.11. The molecule has 5 rings (SSSR count). The molecule has 2 N–H and O–H groups in total. The molecule has 1 aliphatic rings. The first-order valence-corrected chi connectivity index (χ1v) is 12.2. The van der Waals surface area contributed by atoms with Crippen molar-refractivity contribution < 1.29 is 19.0 Å². The topological polar surface area (TPSA) is 149 Å². The van der Waals surface area contributed by atoms with E-state index in [1.54, 1.807) is 53.7 Å². The summed E-state index contributed by atoms with van der Waals surface area (Å²) in [4.78, 5) is 25.2. The minimum Gasteiger partial charge on any atom is -0.495 e. The molecule has 39 heavy (non-hydrogen) atoms. The molecular weight excluding hydrogens is 500 g/mol. The molecule has 1 saturated heterocycles. The minimum absolute atomic E-state index is 0.0370. The van der Waals surface area contributed by atoms with Gasteiger partial charge < -0.3 is 24.8 Å². The Kier molecular flexibility index (Phi) is 7.60. The first-order chi connectivity index (χ1) is 19.0. The molecule has 0 radical (unpaired) electrons. The molecule has 1 fully saturated rings. The van der Waals surface area contributed by atoms with Gasteiger partial charge in [-0.1, -0.05) is 6.07 Å². The van der Waals surface area contributed by atoms with Crippen molar-refractivity contribution in [2.24, 2.45) is 0 Å². The van der Waals surface area contributed by atoms with Crippen LogP contribution in [0.25, 0.3) is 11.1 Å². The summed E-state index contributed by atoms with van der Waals surface area (Å²) in [6.07, 6.45) is 6.18. The lowest BCUT2D eigenvalue weighted by molar-refractivity contribution is -0.00346. The second kappa shape index (κ2) is 11.6. The Hall–Kier alpha value is -5.02. The zero-order valence-corrected chi connectivity index (χ0v) is 21.4. The maximum atomic E-state index is 12.5. The predicted molar refractivity (Wildman–Crippen MR) is 141 cm³/mol. The third-order valence-corrected chi connectivity index (χ3v) is 6.01. The van der Waals surface area contributed by atoms with Crippen LogP contribution in [0.1, 0.15) is 22.8 Å². The third-order valence-electron chi connectivity index (χ3n) is 6.01. The molecule has 0 spiro atoms. The number of rotatable bonds is 10. The molecule has 1 amide bonds. The average Bonchev–Trinajstić information content (AvgIpc) is 3.44. The van der Waals surface area contributed by atoms with Gasteiger partial charge in [-0.05, 0) is 42.8 Å². The number of anilines is 2. The van der Waals surface area contributed by atoms with Gasteiger partial charge >= 0.3 is 0 Å². The molecule has 12 nitrogen and oxygen atoms in total. The number of hydrogen-bond acceptors (Lipinski definition) is 10. The zero-order chi connectivity index (χ0) is 27.2. The fourth-order valence-corrected chi connectivity index (χ4v) is 3.92. The van der Waals surface area contributed by atoms with Gasteiger partial charge in [-0.3, -0.25) is 4.79 Å². The lowest BCUT2D eigenvalue weighted by Gasteiger charge is -2.26. The summed E-state index contributed by atoms with van der Waals surface area (Å²) in [5.41, 5.74) is 3.07. The van der Waals surface area contributed by atoms with E-state index in [0.717, 1.165) is 11.1 Å². The number of ether oxygens (including phenoxy) is 3. The number of aromatic nitrogens is 5. The molecular formula is C27H26N8O4. The summed E-state index contributed by atoms with van der Waals surface area (Å²) in [5, 5.41) is 19.7. The highest BCUT2D eigenvalue weighted by Crippen LogP contribution is 2.30. The van der Waals surface area contributed by atoms with Gasteiger partial charge in [0.25, 0.3) is 5.91 Å². The molecule has 1 unspecified atom stereocenters. The molecule has 2 aromatic carbocycles. The van der Waals surface area contributed by atoms with Gasteiger partial charge in [0.15, 0.2) is 0 Å². The van der Waals surface area contributed by atoms with Gasteiger partial charge in [0.2, 0.25) is 5.95 Å². The highest BCUT2D eigenvalue weighted by molar-refractivity contribution is 5.95. The van der Waals surface area contributed by atoms with Crippen LogP contribution in [0, 0.1) is 11.3 Å². The molecule has 2 aromatic heterocycles. The molecule has 12 heteroatoms. The lowest BCUT2D eigenvalue weighted by atomic mass is 10.1. The predicted octanol–water partition coefficient (Wildman–Crippen LogP) is 2.96. The van der Waals surface area contributed by atoms with Crippen LogP contribution in [-0.2, 0) is 11.3 Å². The van der Waals surface area contributed by atoms with Crippen LogP contribution in [0.5, 0.6) is 11.5 Å². The van der Waals surface area contributed by atoms with Crippen LogP contribution in [0.2, 0.25) is 0 Å². The quantitative estimate of drug-likeness (QED) is 0.316. The minimum atomic E-state index is -0.239. The second-order valence-corrected chi connectivity index (χ2v) is 8.91. The highest BCUT2D eigenvalue weighted by Gasteiger charge is 2.21. The van der Waals surface area contributed by atoms with Gasteiger partial charge in [-0.2, -0.15) is 10.4 Å². The fourth-order valence-electron chi connectivity index (χ4n) is 3.92. The molecule has 3 heterocycles. The van der Waals surface area contributed by atoms with E-state index in [0.29, 0.717) is 54.0 Å². The van der Waals surface area contributed by atoms with E-state index in [1.807, 2.05) is 13.0 Å². The van der Waals surface area contributed by atoms with Gasteiger partial charge in [-0.25, -0.2) is 19.6 Å². The third kappa shape index (κ3) is 6.11. The second-order valence-electron chi connectivity index (χ2n) is 8.91. The molecule has 1 aliphatic heterocycles. The Bertz CT molecular complexity index is 1480. The first kappa shape index (κ1) is 25.6. The Morgan fingerprint density at radius 1 is 1.18 bits per heavy atom. The number of amides is 1. The van der Waals surface area contributed by atoms with Crippen molar-refractivity contribution in [2.75, 3.05) is 25.6 Å². The number of carbonyl (C=O) groups is 1. The Balaban J connectivity index is 1.28. The largest absolute Gasteiger partial charge is 0.495 e. The highest BCUT2D eigenvalue weighted by atomic mass is 16.5. The Labute approximate surface area is 224 Å². The lowest BCUT2D eigenvalue weighted by Crippen LogP contribution is -2.48. The standard InChI is InChI=1S/C27H26N8O4/c1-17(12-35-16-29-15-32-35)39-24-7-18(3-4-20(24)9-28)21-10-30-27(31-11-21)34-23-6-5-19(8-25(23)37-2)26(36)33-22-13-38-14-22/h3-8,10-11,15-17,22H,12-14H2,1-2H3,(H,33,36)(H,30,31,34). The van der Waals surface area contributed by atoms with E-state index in [2.05, 4.69) is 36.8 Å². The summed E-state index contributed by atoms with van der Waals surface area (Å²) in [6.45, 7) is 3.43. The summed E-state index contributed by atoms with van der Waals surface area (Å²) < 4.78 is 18.3. The SMILES string of the molecule is COc1cc(C(=O)NC2COC2)ccc1Nc1ncc(-c2ccc(C#N)c(OC(C)Cn3cncn3)c2)cn1. The van der Waals surface area contributed by atoms with Gasteiger partial charge in [0.1, 0.15) is 36.3 Å². The van der Waals surface area contributed by atoms with Gasteiger partial charge in [0, 0.05) is 23.5 Å². The van der Waals surface area contributed by atoms with E-state index < -0.39 is 0 Å². The van der Waals surface area contributed by atoms with E-state index >= 15 is 0 Å². The summed E-state index contributed by atoms with van der Waals surface area (Å²) >= 11 is 0. The summed E-state index contributed by atoms with van der Waals surface area (Å²) in [7, 11) is 1.53. The molecule has 0 aliphatic carbocycles. The number of benzene rings is 2. The van der Waals surface area contributed by atoms with Crippen molar-refractivity contribution in [1.82, 2.24) is 30.0 Å². The molecule has 4 aromatic rings. The van der Waals surface area contributed by atoms with Gasteiger partial charge in [0.05, 0.1) is 44.2 Å². The first-order valence-electron chi connectivity index (χ1n) is 12.2. The van der Waals surface area contributed by atoms with Crippen molar-refractivity contribution in [2.45, 2.75) is 25.6 Å². The van der Waals surface area contributed by atoms with Crippen LogP contribution >= 0.6 is 0 Å².